The van der Waals surface area contributed by atoms with Crippen molar-refractivity contribution in [3.8, 4) is 0 Å². The molecule has 2 aromatic carbocycles. The Hall–Kier alpha value is -3.94. The van der Waals surface area contributed by atoms with Gasteiger partial charge >= 0.3 is 0 Å². The molecule has 0 spiro atoms. The van der Waals surface area contributed by atoms with E-state index in [4.69, 9.17) is 0 Å². The smallest absolute Gasteiger partial charge is 0.273 e. The number of carbonyl (C=O) groups is 2. The van der Waals surface area contributed by atoms with Crippen molar-refractivity contribution in [3.05, 3.63) is 99.4 Å². The van der Waals surface area contributed by atoms with Gasteiger partial charge in [-0.25, -0.2) is 0 Å². The van der Waals surface area contributed by atoms with Gasteiger partial charge in [-0.05, 0) is 36.6 Å². The molecular formula is C27H32N4O4. The van der Waals surface area contributed by atoms with Crippen molar-refractivity contribution < 1.29 is 14.5 Å². The van der Waals surface area contributed by atoms with Gasteiger partial charge in [-0.2, -0.15) is 0 Å². The first-order valence-corrected chi connectivity index (χ1v) is 11.6. The molecule has 8 heteroatoms. The van der Waals surface area contributed by atoms with Crippen LogP contribution in [0.4, 0.5) is 5.69 Å². The van der Waals surface area contributed by atoms with E-state index in [9.17, 15) is 19.7 Å². The van der Waals surface area contributed by atoms with Crippen molar-refractivity contribution >= 4 is 17.5 Å². The first kappa shape index (κ1) is 25.7. The predicted octanol–water partition coefficient (Wildman–Crippen LogP) is 4.57. The van der Waals surface area contributed by atoms with Crippen LogP contribution < -0.4 is 0 Å². The number of aryl methyl sites for hydroxylation is 2. The molecule has 184 valence electrons. The largest absolute Gasteiger partial charge is 0.353 e. The Morgan fingerprint density at radius 3 is 2.31 bits per heavy atom. The lowest BCUT2D eigenvalue weighted by molar-refractivity contribution is -0.385. The summed E-state index contributed by atoms with van der Waals surface area (Å²) in [5.41, 5.74) is 2.54. The molecular weight excluding hydrogens is 444 g/mol. The number of benzene rings is 2. The summed E-state index contributed by atoms with van der Waals surface area (Å²) < 4.78 is 1.97. The number of hydrogen-bond acceptors (Lipinski definition) is 4. The third kappa shape index (κ3) is 6.79. The summed E-state index contributed by atoms with van der Waals surface area (Å²) in [5, 5.41) is 11.4. The second-order valence-corrected chi connectivity index (χ2v) is 9.18. The van der Waals surface area contributed by atoms with E-state index in [0.29, 0.717) is 25.2 Å². The Morgan fingerprint density at radius 2 is 1.71 bits per heavy atom. The third-order valence-corrected chi connectivity index (χ3v) is 5.82. The number of nitrogens with zero attached hydrogens (tertiary/aromatic N) is 4. The number of nitro benzene ring substituents is 1. The minimum Gasteiger partial charge on any atom is -0.353 e. The van der Waals surface area contributed by atoms with E-state index in [1.165, 1.54) is 11.0 Å². The summed E-state index contributed by atoms with van der Waals surface area (Å²) in [5.74, 6) is -0.470. The summed E-state index contributed by atoms with van der Waals surface area (Å²) in [6, 6.07) is 18.1. The van der Waals surface area contributed by atoms with E-state index >= 15 is 0 Å². The van der Waals surface area contributed by atoms with Crippen LogP contribution in [-0.4, -0.2) is 44.2 Å². The fraction of sp³-hybridized carbons (Fsp3) is 0.333. The molecule has 0 radical (unpaired) electrons. The van der Waals surface area contributed by atoms with Crippen molar-refractivity contribution in [2.75, 3.05) is 13.1 Å². The quantitative estimate of drug-likeness (QED) is 0.317. The molecule has 0 atom stereocenters. The van der Waals surface area contributed by atoms with Crippen LogP contribution in [0, 0.1) is 23.0 Å². The standard InChI is InChI=1S/C27H32N4O4/c1-20(2)16-30(27(33)23-13-12-21(3)25(15-23)31(34)35)19-26(32)29(17-22-9-6-5-7-10-22)18-24-11-8-14-28(24)4/h5-15,20H,16-19H2,1-4H3. The number of carbonyl (C=O) groups excluding carboxylic acids is 2. The highest BCUT2D eigenvalue weighted by Crippen LogP contribution is 2.21. The van der Waals surface area contributed by atoms with Crippen molar-refractivity contribution in [2.24, 2.45) is 13.0 Å². The minimum atomic E-state index is -0.495. The van der Waals surface area contributed by atoms with Crippen LogP contribution in [0.15, 0.2) is 66.9 Å². The molecule has 35 heavy (non-hydrogen) atoms. The predicted molar refractivity (Wildman–Crippen MR) is 135 cm³/mol. The summed E-state index contributed by atoms with van der Waals surface area (Å²) in [7, 11) is 1.93. The Morgan fingerprint density at radius 1 is 1.00 bits per heavy atom. The molecule has 0 saturated carbocycles. The van der Waals surface area contributed by atoms with E-state index in [2.05, 4.69) is 0 Å². The van der Waals surface area contributed by atoms with Crippen molar-refractivity contribution in [1.29, 1.82) is 0 Å². The maximum Gasteiger partial charge on any atom is 0.273 e. The van der Waals surface area contributed by atoms with E-state index in [1.807, 2.05) is 74.1 Å². The SMILES string of the molecule is Cc1ccc(C(=O)N(CC(=O)N(Cc2ccccc2)Cc2cccn2C)CC(C)C)cc1[N+](=O)[O-]. The van der Waals surface area contributed by atoms with Gasteiger partial charge in [-0.15, -0.1) is 0 Å². The van der Waals surface area contributed by atoms with Gasteiger partial charge in [0.2, 0.25) is 5.91 Å². The highest BCUT2D eigenvalue weighted by Gasteiger charge is 2.25. The fourth-order valence-electron chi connectivity index (χ4n) is 3.94. The monoisotopic (exact) mass is 476 g/mol. The van der Waals surface area contributed by atoms with Gasteiger partial charge in [0, 0.05) is 49.2 Å². The van der Waals surface area contributed by atoms with Gasteiger partial charge in [0.05, 0.1) is 11.5 Å². The van der Waals surface area contributed by atoms with Crippen molar-refractivity contribution in [3.63, 3.8) is 0 Å². The van der Waals surface area contributed by atoms with Gasteiger partial charge in [0.1, 0.15) is 6.54 Å². The molecule has 0 aliphatic heterocycles. The number of aromatic nitrogens is 1. The summed E-state index contributed by atoms with van der Waals surface area (Å²) in [4.78, 5) is 41.1. The Bertz CT molecular complexity index is 1190. The summed E-state index contributed by atoms with van der Waals surface area (Å²) in [6.45, 7) is 6.61. The highest BCUT2D eigenvalue weighted by molar-refractivity contribution is 5.97. The van der Waals surface area contributed by atoms with Gasteiger partial charge in [0.15, 0.2) is 0 Å². The molecule has 0 unspecified atom stereocenters. The van der Waals surface area contributed by atoms with Gasteiger partial charge < -0.3 is 14.4 Å². The molecule has 0 N–H and O–H groups in total. The molecule has 8 nitrogen and oxygen atoms in total. The number of amides is 2. The van der Waals surface area contributed by atoms with Crippen molar-refractivity contribution in [2.45, 2.75) is 33.9 Å². The molecule has 2 amide bonds. The molecule has 0 bridgehead atoms. The topological polar surface area (TPSA) is 88.7 Å². The summed E-state index contributed by atoms with van der Waals surface area (Å²) in [6.07, 6.45) is 1.93. The molecule has 1 aromatic heterocycles. The zero-order valence-electron chi connectivity index (χ0n) is 20.7. The normalized spacial score (nSPS) is 10.9. The second kappa shape index (κ2) is 11.5. The lowest BCUT2D eigenvalue weighted by atomic mass is 10.1. The zero-order chi connectivity index (χ0) is 25.5. The molecule has 3 rings (SSSR count). The average molecular weight is 477 g/mol. The van der Waals surface area contributed by atoms with Gasteiger partial charge in [-0.3, -0.25) is 19.7 Å². The average Bonchev–Trinajstić information content (AvgIpc) is 3.22. The lowest BCUT2D eigenvalue weighted by Gasteiger charge is -2.29. The van der Waals surface area contributed by atoms with Crippen LogP contribution >= 0.6 is 0 Å². The second-order valence-electron chi connectivity index (χ2n) is 9.18. The molecule has 0 fully saturated rings. The maximum absolute atomic E-state index is 13.6. The number of nitro groups is 1. The van der Waals surface area contributed by atoms with Crippen LogP contribution in [0.25, 0.3) is 0 Å². The zero-order valence-corrected chi connectivity index (χ0v) is 20.7. The molecule has 0 aliphatic carbocycles. The van der Waals surface area contributed by atoms with Crippen LogP contribution in [0.3, 0.4) is 0 Å². The Balaban J connectivity index is 1.87. The number of hydrogen-bond donors (Lipinski definition) is 0. The van der Waals surface area contributed by atoms with Crippen LogP contribution in [-0.2, 0) is 24.9 Å². The van der Waals surface area contributed by atoms with E-state index in [-0.39, 0.29) is 29.6 Å². The summed E-state index contributed by atoms with van der Waals surface area (Å²) >= 11 is 0. The van der Waals surface area contributed by atoms with E-state index < -0.39 is 10.8 Å². The molecule has 3 aromatic rings. The van der Waals surface area contributed by atoms with Gasteiger partial charge in [-0.1, -0.05) is 50.2 Å². The molecule has 0 aliphatic rings. The van der Waals surface area contributed by atoms with E-state index in [0.717, 1.165) is 11.3 Å². The number of rotatable bonds is 10. The van der Waals surface area contributed by atoms with Gasteiger partial charge in [0.25, 0.3) is 11.6 Å². The van der Waals surface area contributed by atoms with E-state index in [1.54, 1.807) is 24.0 Å². The van der Waals surface area contributed by atoms with Crippen molar-refractivity contribution in [1.82, 2.24) is 14.4 Å². The third-order valence-electron chi connectivity index (χ3n) is 5.82. The molecule has 1 heterocycles. The fourth-order valence-corrected chi connectivity index (χ4v) is 3.94. The Labute approximate surface area is 205 Å². The van der Waals surface area contributed by atoms with Crippen LogP contribution in [0.2, 0.25) is 0 Å². The maximum atomic E-state index is 13.6. The molecule has 0 saturated heterocycles. The first-order valence-electron chi connectivity index (χ1n) is 11.6. The Kier molecular flexibility index (Phi) is 8.41. The van der Waals surface area contributed by atoms with Crippen LogP contribution in [0.1, 0.15) is 41.0 Å². The lowest BCUT2D eigenvalue weighted by Crippen LogP contribution is -2.44. The highest BCUT2D eigenvalue weighted by atomic mass is 16.6. The first-order chi connectivity index (χ1) is 16.7. The minimum absolute atomic E-state index is 0.110. The van der Waals surface area contributed by atoms with Crippen LogP contribution in [0.5, 0.6) is 0 Å².